The van der Waals surface area contributed by atoms with Crippen LogP contribution in [0.15, 0.2) is 48.5 Å². The number of carboxylic acids is 1. The minimum Gasteiger partial charge on any atom is -0.478 e. The average molecular weight is 352 g/mol. The number of anilines is 1. The molecular formula is C21H24N2O3. The molecular weight excluding hydrogens is 328 g/mol. The topological polar surface area (TPSA) is 60.9 Å². The Labute approximate surface area is 153 Å². The number of carboxylic acid groups (broad SMARTS) is 1. The van der Waals surface area contributed by atoms with E-state index in [0.29, 0.717) is 19.0 Å². The number of benzene rings is 2. The molecule has 1 aliphatic rings. The summed E-state index contributed by atoms with van der Waals surface area (Å²) in [6, 6.07) is 15.0. The number of amides is 1. The maximum Gasteiger partial charge on any atom is 0.336 e. The third-order valence-electron chi connectivity index (χ3n) is 4.88. The Kier molecular flexibility index (Phi) is 5.26. The van der Waals surface area contributed by atoms with Gasteiger partial charge in [0, 0.05) is 31.9 Å². The van der Waals surface area contributed by atoms with Crippen LogP contribution in [0.2, 0.25) is 0 Å². The van der Waals surface area contributed by atoms with Crippen LogP contribution in [-0.4, -0.2) is 48.1 Å². The van der Waals surface area contributed by atoms with Crippen LogP contribution in [0, 0.1) is 0 Å². The first kappa shape index (κ1) is 18.0. The highest BCUT2D eigenvalue weighted by molar-refractivity contribution is 6.04. The summed E-state index contributed by atoms with van der Waals surface area (Å²) in [6.07, 6.45) is 0. The fourth-order valence-corrected chi connectivity index (χ4v) is 3.26. The summed E-state index contributed by atoms with van der Waals surface area (Å²) >= 11 is 0. The minimum absolute atomic E-state index is 0.0594. The van der Waals surface area contributed by atoms with Crippen molar-refractivity contribution < 1.29 is 14.7 Å². The van der Waals surface area contributed by atoms with E-state index in [-0.39, 0.29) is 17.0 Å². The van der Waals surface area contributed by atoms with Crippen molar-refractivity contribution in [2.75, 3.05) is 31.1 Å². The summed E-state index contributed by atoms with van der Waals surface area (Å²) in [5, 5.41) is 9.29. The predicted molar refractivity (Wildman–Crippen MR) is 102 cm³/mol. The molecule has 1 fully saturated rings. The molecule has 0 spiro atoms. The van der Waals surface area contributed by atoms with E-state index >= 15 is 0 Å². The molecule has 2 aromatic carbocycles. The van der Waals surface area contributed by atoms with Gasteiger partial charge in [-0.3, -0.25) is 4.79 Å². The van der Waals surface area contributed by atoms with Crippen LogP contribution in [0.4, 0.5) is 5.69 Å². The van der Waals surface area contributed by atoms with Gasteiger partial charge in [-0.25, -0.2) is 4.79 Å². The number of nitrogens with zero attached hydrogens (tertiary/aromatic N) is 2. The lowest BCUT2D eigenvalue weighted by atomic mass is 10.0. The van der Waals surface area contributed by atoms with Gasteiger partial charge in [0.05, 0.1) is 11.1 Å². The van der Waals surface area contributed by atoms with Gasteiger partial charge in [-0.15, -0.1) is 0 Å². The standard InChI is InChI=1S/C21H24N2O3/c1-15(2)16-7-9-17(10-8-16)22-11-13-23(14-12-22)20(24)18-5-3-4-6-19(18)21(25)26/h3-10,15H,11-14H2,1-2H3,(H,25,26). The van der Waals surface area contributed by atoms with Crippen LogP contribution in [0.1, 0.15) is 46.0 Å². The molecule has 136 valence electrons. The molecule has 1 amide bonds. The van der Waals surface area contributed by atoms with Crippen molar-refractivity contribution in [3.63, 3.8) is 0 Å². The molecule has 0 saturated carbocycles. The molecule has 0 atom stereocenters. The summed E-state index contributed by atoms with van der Waals surface area (Å²) in [7, 11) is 0. The number of rotatable bonds is 4. The normalized spacial score (nSPS) is 14.6. The molecule has 1 aliphatic heterocycles. The number of carbonyl (C=O) groups excluding carboxylic acids is 1. The fraction of sp³-hybridized carbons (Fsp3) is 0.333. The minimum atomic E-state index is -1.07. The quantitative estimate of drug-likeness (QED) is 0.915. The van der Waals surface area contributed by atoms with Gasteiger partial charge in [0.2, 0.25) is 0 Å². The van der Waals surface area contributed by atoms with Crippen molar-refractivity contribution in [1.29, 1.82) is 0 Å². The highest BCUT2D eigenvalue weighted by Crippen LogP contribution is 2.22. The van der Waals surface area contributed by atoms with Crippen molar-refractivity contribution in [1.82, 2.24) is 4.90 Å². The lowest BCUT2D eigenvalue weighted by Gasteiger charge is -2.36. The SMILES string of the molecule is CC(C)c1ccc(N2CCN(C(=O)c3ccccc3C(=O)O)CC2)cc1. The molecule has 5 heteroatoms. The predicted octanol–water partition coefficient (Wildman–Crippen LogP) is 3.47. The number of hydrogen-bond acceptors (Lipinski definition) is 3. The lowest BCUT2D eigenvalue weighted by molar-refractivity contribution is 0.0673. The van der Waals surface area contributed by atoms with Crippen LogP contribution < -0.4 is 4.90 Å². The monoisotopic (exact) mass is 352 g/mol. The van der Waals surface area contributed by atoms with E-state index in [1.807, 2.05) is 0 Å². The van der Waals surface area contributed by atoms with E-state index in [1.165, 1.54) is 11.6 Å². The molecule has 1 N–H and O–H groups in total. The molecule has 0 unspecified atom stereocenters. The summed E-state index contributed by atoms with van der Waals surface area (Å²) in [5.74, 6) is -0.775. The van der Waals surface area contributed by atoms with Crippen LogP contribution >= 0.6 is 0 Å². The summed E-state index contributed by atoms with van der Waals surface area (Å²) in [6.45, 7) is 6.99. The first-order valence-corrected chi connectivity index (χ1v) is 8.94. The molecule has 3 rings (SSSR count). The van der Waals surface area contributed by atoms with E-state index in [1.54, 1.807) is 23.1 Å². The molecule has 5 nitrogen and oxygen atoms in total. The van der Waals surface area contributed by atoms with Crippen LogP contribution in [-0.2, 0) is 0 Å². The maximum atomic E-state index is 12.7. The lowest BCUT2D eigenvalue weighted by Crippen LogP contribution is -2.49. The zero-order chi connectivity index (χ0) is 18.7. The van der Waals surface area contributed by atoms with Crippen molar-refractivity contribution in [2.24, 2.45) is 0 Å². The van der Waals surface area contributed by atoms with Crippen molar-refractivity contribution in [2.45, 2.75) is 19.8 Å². The third kappa shape index (κ3) is 3.72. The Morgan fingerprint density at radius 1 is 0.885 bits per heavy atom. The number of piperazine rings is 1. The Hall–Kier alpha value is -2.82. The van der Waals surface area contributed by atoms with Crippen molar-refractivity contribution in [3.05, 3.63) is 65.2 Å². The molecule has 0 aliphatic carbocycles. The molecule has 2 aromatic rings. The van der Waals surface area contributed by atoms with Gasteiger partial charge >= 0.3 is 5.97 Å². The largest absolute Gasteiger partial charge is 0.478 e. The van der Waals surface area contributed by atoms with Gasteiger partial charge in [0.1, 0.15) is 0 Å². The van der Waals surface area contributed by atoms with Gasteiger partial charge in [-0.2, -0.15) is 0 Å². The van der Waals surface area contributed by atoms with E-state index in [4.69, 9.17) is 0 Å². The maximum absolute atomic E-state index is 12.7. The Balaban J connectivity index is 1.67. The Morgan fingerprint density at radius 2 is 1.46 bits per heavy atom. The first-order chi connectivity index (χ1) is 12.5. The van der Waals surface area contributed by atoms with Gasteiger partial charge in [0.15, 0.2) is 0 Å². The van der Waals surface area contributed by atoms with E-state index in [2.05, 4.69) is 43.0 Å². The summed E-state index contributed by atoms with van der Waals surface area (Å²) < 4.78 is 0. The molecule has 0 aromatic heterocycles. The Bertz CT molecular complexity index is 791. The van der Waals surface area contributed by atoms with Gasteiger partial charge in [-0.05, 0) is 35.7 Å². The summed E-state index contributed by atoms with van der Waals surface area (Å²) in [4.78, 5) is 28.1. The summed E-state index contributed by atoms with van der Waals surface area (Å²) in [5.41, 5.74) is 2.79. The number of aromatic carboxylic acids is 1. The molecule has 1 heterocycles. The first-order valence-electron chi connectivity index (χ1n) is 8.94. The smallest absolute Gasteiger partial charge is 0.336 e. The second kappa shape index (κ2) is 7.60. The second-order valence-electron chi connectivity index (χ2n) is 6.88. The molecule has 26 heavy (non-hydrogen) atoms. The number of carbonyl (C=O) groups is 2. The van der Waals surface area contributed by atoms with Crippen LogP contribution in [0.3, 0.4) is 0 Å². The molecule has 0 bridgehead atoms. The van der Waals surface area contributed by atoms with Crippen LogP contribution in [0.25, 0.3) is 0 Å². The highest BCUT2D eigenvalue weighted by atomic mass is 16.4. The van der Waals surface area contributed by atoms with Crippen LogP contribution in [0.5, 0.6) is 0 Å². The molecule has 0 radical (unpaired) electrons. The highest BCUT2D eigenvalue weighted by Gasteiger charge is 2.25. The van der Waals surface area contributed by atoms with Crippen molar-refractivity contribution in [3.8, 4) is 0 Å². The average Bonchev–Trinajstić information content (AvgIpc) is 2.67. The third-order valence-corrected chi connectivity index (χ3v) is 4.88. The Morgan fingerprint density at radius 3 is 2.00 bits per heavy atom. The van der Waals surface area contributed by atoms with Gasteiger partial charge in [-0.1, -0.05) is 38.1 Å². The van der Waals surface area contributed by atoms with Gasteiger partial charge < -0.3 is 14.9 Å². The zero-order valence-electron chi connectivity index (χ0n) is 15.2. The zero-order valence-corrected chi connectivity index (χ0v) is 15.2. The van der Waals surface area contributed by atoms with Gasteiger partial charge in [0.25, 0.3) is 5.91 Å². The van der Waals surface area contributed by atoms with E-state index < -0.39 is 5.97 Å². The van der Waals surface area contributed by atoms with E-state index in [9.17, 15) is 14.7 Å². The van der Waals surface area contributed by atoms with E-state index in [0.717, 1.165) is 18.8 Å². The molecule has 1 saturated heterocycles. The fourth-order valence-electron chi connectivity index (χ4n) is 3.26. The second-order valence-corrected chi connectivity index (χ2v) is 6.88. The van der Waals surface area contributed by atoms with Crippen molar-refractivity contribution >= 4 is 17.6 Å². The number of hydrogen-bond donors (Lipinski definition) is 1.